The summed E-state index contributed by atoms with van der Waals surface area (Å²) in [6.07, 6.45) is 0.403. The zero-order valence-electron chi connectivity index (χ0n) is 12.4. The molecule has 0 bridgehead atoms. The quantitative estimate of drug-likeness (QED) is 0.913. The lowest BCUT2D eigenvalue weighted by molar-refractivity contribution is -0.130. The molecule has 1 saturated heterocycles. The van der Waals surface area contributed by atoms with Gasteiger partial charge in [0, 0.05) is 51.8 Å². The zero-order valence-corrected chi connectivity index (χ0v) is 14.0. The van der Waals surface area contributed by atoms with Crippen LogP contribution >= 0.6 is 23.2 Å². The van der Waals surface area contributed by atoms with Crippen LogP contribution in [0.15, 0.2) is 18.2 Å². The van der Waals surface area contributed by atoms with Crippen LogP contribution in [0.2, 0.25) is 10.0 Å². The summed E-state index contributed by atoms with van der Waals surface area (Å²) >= 11 is 11.7. The minimum absolute atomic E-state index is 0.0626. The number of anilines is 1. The first-order chi connectivity index (χ1) is 10.5. The number of piperazine rings is 1. The molecule has 0 unspecified atom stereocenters. The van der Waals surface area contributed by atoms with E-state index in [0.717, 1.165) is 26.2 Å². The highest BCUT2D eigenvalue weighted by Crippen LogP contribution is 2.25. The molecule has 1 N–H and O–H groups in total. The Morgan fingerprint density at radius 2 is 1.82 bits per heavy atom. The van der Waals surface area contributed by atoms with Gasteiger partial charge in [0.25, 0.3) is 0 Å². The Kier molecular flexibility index (Phi) is 6.06. The molecule has 0 saturated carbocycles. The van der Waals surface area contributed by atoms with E-state index < -0.39 is 0 Å². The van der Waals surface area contributed by atoms with Crippen LogP contribution in [0.5, 0.6) is 0 Å². The lowest BCUT2D eigenvalue weighted by Gasteiger charge is -2.34. The first kappa shape index (κ1) is 17.1. The first-order valence-corrected chi connectivity index (χ1v) is 7.94. The van der Waals surface area contributed by atoms with E-state index >= 15 is 0 Å². The molecule has 0 atom stereocenters. The topological polar surface area (TPSA) is 52.7 Å². The molecule has 1 aliphatic rings. The Labute approximate surface area is 140 Å². The molecule has 5 nitrogen and oxygen atoms in total. The molecular weight excluding hydrogens is 325 g/mol. The largest absolute Gasteiger partial charge is 0.340 e. The van der Waals surface area contributed by atoms with Gasteiger partial charge in [-0.25, -0.2) is 0 Å². The van der Waals surface area contributed by atoms with Crippen LogP contribution in [-0.4, -0.2) is 54.3 Å². The summed E-state index contributed by atoms with van der Waals surface area (Å²) in [5.74, 6) is 0.0457. The lowest BCUT2D eigenvalue weighted by atomic mass is 10.2. The number of hydrogen-bond acceptors (Lipinski definition) is 3. The van der Waals surface area contributed by atoms with E-state index in [1.54, 1.807) is 25.1 Å². The van der Waals surface area contributed by atoms with Crippen molar-refractivity contribution in [2.24, 2.45) is 0 Å². The van der Waals surface area contributed by atoms with Gasteiger partial charge in [0.2, 0.25) is 11.8 Å². The Morgan fingerprint density at radius 3 is 2.41 bits per heavy atom. The van der Waals surface area contributed by atoms with Crippen LogP contribution < -0.4 is 5.32 Å². The summed E-state index contributed by atoms with van der Waals surface area (Å²) in [4.78, 5) is 27.2. The van der Waals surface area contributed by atoms with E-state index in [9.17, 15) is 9.59 Å². The van der Waals surface area contributed by atoms with Crippen molar-refractivity contribution in [3.63, 3.8) is 0 Å². The maximum Gasteiger partial charge on any atom is 0.225 e. The Balaban J connectivity index is 1.74. The second-order valence-electron chi connectivity index (χ2n) is 5.27. The molecule has 0 spiro atoms. The summed E-state index contributed by atoms with van der Waals surface area (Å²) in [6, 6.07) is 5.01. The molecule has 1 aromatic carbocycles. The SMILES string of the molecule is CC(=O)N1CCN(CCC(=O)Nc2ccc(Cl)c(Cl)c2)CC1. The summed E-state index contributed by atoms with van der Waals surface area (Å²) in [5.41, 5.74) is 0.640. The van der Waals surface area contributed by atoms with Gasteiger partial charge in [-0.3, -0.25) is 14.5 Å². The van der Waals surface area contributed by atoms with Crippen LogP contribution in [0.4, 0.5) is 5.69 Å². The molecule has 1 aliphatic heterocycles. The van der Waals surface area contributed by atoms with Gasteiger partial charge in [-0.05, 0) is 18.2 Å². The van der Waals surface area contributed by atoms with Crippen molar-refractivity contribution < 1.29 is 9.59 Å². The Bertz CT molecular complexity index is 558. The van der Waals surface area contributed by atoms with Crippen LogP contribution in [-0.2, 0) is 9.59 Å². The number of rotatable bonds is 4. The summed E-state index contributed by atoms with van der Waals surface area (Å²) < 4.78 is 0. The van der Waals surface area contributed by atoms with E-state index in [1.807, 2.05) is 4.90 Å². The monoisotopic (exact) mass is 343 g/mol. The van der Waals surface area contributed by atoms with Crippen LogP contribution in [0.25, 0.3) is 0 Å². The van der Waals surface area contributed by atoms with Gasteiger partial charge in [-0.15, -0.1) is 0 Å². The number of carbonyl (C=O) groups is 2. The zero-order chi connectivity index (χ0) is 16.1. The minimum Gasteiger partial charge on any atom is -0.340 e. The molecule has 0 aliphatic carbocycles. The second kappa shape index (κ2) is 7.81. The number of halogens is 2. The molecular formula is C15H19Cl2N3O2. The molecule has 2 rings (SSSR count). The highest BCUT2D eigenvalue weighted by Gasteiger charge is 2.18. The minimum atomic E-state index is -0.0626. The predicted octanol–water partition coefficient (Wildman–Crippen LogP) is 2.49. The van der Waals surface area contributed by atoms with Crippen molar-refractivity contribution in [1.29, 1.82) is 0 Å². The molecule has 120 valence electrons. The van der Waals surface area contributed by atoms with Crippen molar-refractivity contribution >= 4 is 40.7 Å². The fraction of sp³-hybridized carbons (Fsp3) is 0.467. The molecule has 7 heteroatoms. The van der Waals surface area contributed by atoms with Gasteiger partial charge < -0.3 is 10.2 Å². The normalized spacial score (nSPS) is 15.7. The molecule has 0 radical (unpaired) electrons. The van der Waals surface area contributed by atoms with Gasteiger partial charge in [0.15, 0.2) is 0 Å². The predicted molar refractivity (Wildman–Crippen MR) is 88.4 cm³/mol. The van der Waals surface area contributed by atoms with Crippen molar-refractivity contribution in [3.8, 4) is 0 Å². The van der Waals surface area contributed by atoms with Gasteiger partial charge in [-0.1, -0.05) is 23.2 Å². The lowest BCUT2D eigenvalue weighted by Crippen LogP contribution is -2.48. The Hall–Kier alpha value is -1.30. The summed E-state index contributed by atoms with van der Waals surface area (Å²) in [7, 11) is 0. The second-order valence-corrected chi connectivity index (χ2v) is 6.09. The van der Waals surface area contributed by atoms with Gasteiger partial charge in [0.05, 0.1) is 10.0 Å². The summed E-state index contributed by atoms with van der Waals surface area (Å²) in [5, 5.41) is 3.68. The van der Waals surface area contributed by atoms with Gasteiger partial charge in [-0.2, -0.15) is 0 Å². The number of nitrogens with zero attached hydrogens (tertiary/aromatic N) is 2. The van der Waals surface area contributed by atoms with Crippen molar-refractivity contribution in [1.82, 2.24) is 9.80 Å². The van der Waals surface area contributed by atoms with Crippen molar-refractivity contribution in [2.75, 3.05) is 38.0 Å². The van der Waals surface area contributed by atoms with Gasteiger partial charge in [0.1, 0.15) is 0 Å². The molecule has 2 amide bonds. The highest BCUT2D eigenvalue weighted by atomic mass is 35.5. The summed E-state index contributed by atoms with van der Waals surface area (Å²) in [6.45, 7) is 5.33. The fourth-order valence-electron chi connectivity index (χ4n) is 2.34. The van der Waals surface area contributed by atoms with Crippen molar-refractivity contribution in [3.05, 3.63) is 28.2 Å². The number of carbonyl (C=O) groups excluding carboxylic acids is 2. The first-order valence-electron chi connectivity index (χ1n) is 7.18. The maximum absolute atomic E-state index is 11.9. The molecule has 1 fully saturated rings. The molecule has 0 aromatic heterocycles. The number of nitrogens with one attached hydrogen (secondary N) is 1. The highest BCUT2D eigenvalue weighted by molar-refractivity contribution is 6.42. The van der Waals surface area contributed by atoms with Crippen LogP contribution in [0, 0.1) is 0 Å². The van der Waals surface area contributed by atoms with E-state index in [2.05, 4.69) is 10.2 Å². The van der Waals surface area contributed by atoms with E-state index in [4.69, 9.17) is 23.2 Å². The van der Waals surface area contributed by atoms with Gasteiger partial charge >= 0.3 is 0 Å². The Morgan fingerprint density at radius 1 is 1.14 bits per heavy atom. The molecule has 1 heterocycles. The van der Waals surface area contributed by atoms with E-state index in [1.165, 1.54) is 0 Å². The smallest absolute Gasteiger partial charge is 0.225 e. The molecule has 22 heavy (non-hydrogen) atoms. The third-order valence-electron chi connectivity index (χ3n) is 3.68. The standard InChI is InChI=1S/C15H19Cl2N3O2/c1-11(21)20-8-6-19(7-9-20)5-4-15(22)18-12-2-3-13(16)14(17)10-12/h2-3,10H,4-9H2,1H3,(H,18,22). The molecule has 1 aromatic rings. The third-order valence-corrected chi connectivity index (χ3v) is 4.42. The van der Waals surface area contributed by atoms with E-state index in [-0.39, 0.29) is 11.8 Å². The van der Waals surface area contributed by atoms with Crippen LogP contribution in [0.1, 0.15) is 13.3 Å². The fourth-order valence-corrected chi connectivity index (χ4v) is 2.64. The average Bonchev–Trinajstić information content (AvgIpc) is 2.49. The third kappa shape index (κ3) is 4.87. The number of amides is 2. The number of hydrogen-bond donors (Lipinski definition) is 1. The van der Waals surface area contributed by atoms with E-state index in [0.29, 0.717) is 28.7 Å². The van der Waals surface area contributed by atoms with Crippen molar-refractivity contribution in [2.45, 2.75) is 13.3 Å². The van der Waals surface area contributed by atoms with Crippen LogP contribution in [0.3, 0.4) is 0 Å². The number of benzene rings is 1. The average molecular weight is 344 g/mol. The maximum atomic E-state index is 11.9.